The lowest BCUT2D eigenvalue weighted by atomic mass is 9.86. The van der Waals surface area contributed by atoms with Crippen LogP contribution in [-0.4, -0.2) is 59.8 Å². The van der Waals surface area contributed by atoms with E-state index in [0.717, 1.165) is 56.9 Å². The topological polar surface area (TPSA) is 155 Å². The maximum absolute atomic E-state index is 5.33. The predicted molar refractivity (Wildman–Crippen MR) is 427 cm³/mol. The van der Waals surface area contributed by atoms with Gasteiger partial charge in [0.1, 0.15) is 29.2 Å². The maximum atomic E-state index is 5.33. The van der Waals surface area contributed by atoms with Crippen molar-refractivity contribution < 1.29 is 0 Å². The van der Waals surface area contributed by atoms with Crippen LogP contribution in [0.3, 0.4) is 0 Å². The zero-order valence-corrected chi connectivity index (χ0v) is 62.4. The highest BCUT2D eigenvalue weighted by atomic mass is 14.9. The zero-order valence-electron chi connectivity index (χ0n) is 62.4. The summed E-state index contributed by atoms with van der Waals surface area (Å²) in [6, 6.07) is 25.5. The van der Waals surface area contributed by atoms with Gasteiger partial charge >= 0.3 is 0 Å². The molecule has 0 unspecified atom stereocenters. The highest BCUT2D eigenvalue weighted by molar-refractivity contribution is 5.45. The molecule has 0 aliphatic heterocycles. The van der Waals surface area contributed by atoms with Crippen molar-refractivity contribution in [3.63, 3.8) is 0 Å². The molecule has 0 fully saturated rings. The first-order valence-electron chi connectivity index (χ1n) is 31.9. The van der Waals surface area contributed by atoms with Gasteiger partial charge in [-0.3, -0.25) is 4.98 Å². The Morgan fingerprint density at radius 1 is 0.323 bits per heavy atom. The van der Waals surface area contributed by atoms with Gasteiger partial charge < -0.3 is 0 Å². The summed E-state index contributed by atoms with van der Waals surface area (Å²) < 4.78 is 0. The van der Waals surface area contributed by atoms with E-state index in [2.05, 4.69) is 282 Å². The minimum atomic E-state index is 0. The standard InChI is InChI=1S/C11H15N.3C11H13N.2C10H14N2.C10H12N2.C10H14N2.3CH4/c2*1-5-10-8-9(6-7-12-10)11(2,3)4;1-5-10-9(11(2,3)4)7-6-8-12-10;1-5-9-7-6-8-10(12-9)11(2,3)4;1-5-8-6-9(10(2,3)4)12-7-11-8;2*1-5-9-11-7-6-8(12-9)10(2,3)4;1-5-8-6-7-11-9(12-8)10(2,3)4;;;/h5-8H,1H2,2-4H3;3*1,6-8H,2-4H3;2*5-7H,1H2,2-4H3;1,6-7H,2-4H3;5-7H,1H2,2-4H3;3*1H4. The third-order valence-corrected chi connectivity index (χ3v) is 13.4. The van der Waals surface area contributed by atoms with Crippen LogP contribution in [-0.2, 0) is 43.3 Å². The van der Waals surface area contributed by atoms with Crippen LogP contribution in [0.1, 0.15) is 280 Å². The second-order valence-electron chi connectivity index (χ2n) is 30.3. The molecule has 0 spiro atoms. The maximum Gasteiger partial charge on any atom is 0.204 e. The van der Waals surface area contributed by atoms with Crippen molar-refractivity contribution in [3.8, 4) is 49.4 Å². The highest BCUT2D eigenvalue weighted by Crippen LogP contribution is 2.27. The molecule has 0 atom stereocenters. The van der Waals surface area contributed by atoms with Crippen LogP contribution in [0.15, 0.2) is 149 Å². The molecule has 0 aliphatic carbocycles. The Morgan fingerprint density at radius 3 is 1.25 bits per heavy atom. The fourth-order valence-corrected chi connectivity index (χ4v) is 7.54. The smallest absolute Gasteiger partial charge is 0.204 e. The molecule has 8 aromatic rings. The van der Waals surface area contributed by atoms with Crippen LogP contribution in [0.25, 0.3) is 24.3 Å². The molecule has 0 aromatic carbocycles. The van der Waals surface area contributed by atoms with Gasteiger partial charge in [0.2, 0.25) is 5.82 Å². The summed E-state index contributed by atoms with van der Waals surface area (Å²) in [5.41, 5.74) is 13.4. The lowest BCUT2D eigenvalue weighted by Crippen LogP contribution is -2.15. The van der Waals surface area contributed by atoms with Crippen molar-refractivity contribution in [2.75, 3.05) is 0 Å². The van der Waals surface area contributed by atoms with Crippen molar-refractivity contribution in [3.05, 3.63) is 240 Å². The fraction of sp³-hybridized carbons (Fsp3) is 0.402. The van der Waals surface area contributed by atoms with Crippen molar-refractivity contribution in [1.29, 1.82) is 0 Å². The van der Waals surface area contributed by atoms with Crippen LogP contribution in [0.5, 0.6) is 0 Å². The number of rotatable bonds is 4. The van der Waals surface area contributed by atoms with Crippen molar-refractivity contribution in [2.45, 2.75) is 232 Å². The molecular weight excluding hydrogens is 1210 g/mol. The number of pyridine rings is 4. The Bertz CT molecular complexity index is 3530. The van der Waals surface area contributed by atoms with Crippen LogP contribution < -0.4 is 0 Å². The summed E-state index contributed by atoms with van der Waals surface area (Å²) in [4.78, 5) is 49.9. The van der Waals surface area contributed by atoms with E-state index >= 15 is 0 Å². The average molecular weight is 1330 g/mol. The number of hydrogen-bond donors (Lipinski definition) is 0. The van der Waals surface area contributed by atoms with Crippen molar-refractivity contribution >= 4 is 24.3 Å². The summed E-state index contributed by atoms with van der Waals surface area (Å²) in [6.07, 6.45) is 40.1. The molecule has 0 radical (unpaired) electrons. The zero-order chi connectivity index (χ0) is 73.5. The van der Waals surface area contributed by atoms with Gasteiger partial charge in [-0.15, -0.1) is 25.7 Å². The van der Waals surface area contributed by atoms with Gasteiger partial charge in [-0.2, -0.15) is 0 Å². The Morgan fingerprint density at radius 2 is 0.798 bits per heavy atom. The van der Waals surface area contributed by atoms with E-state index in [-0.39, 0.29) is 65.6 Å². The summed E-state index contributed by atoms with van der Waals surface area (Å²) in [7, 11) is 0. The normalized spacial score (nSPS) is 10.7. The second-order valence-corrected chi connectivity index (χ2v) is 30.3. The first-order chi connectivity index (χ1) is 44.3. The molecule has 12 nitrogen and oxygen atoms in total. The van der Waals surface area contributed by atoms with Crippen LogP contribution >= 0.6 is 0 Å². The molecule has 12 heteroatoms. The monoisotopic (exact) mass is 1330 g/mol. The minimum absolute atomic E-state index is 0. The van der Waals surface area contributed by atoms with E-state index < -0.39 is 0 Å². The molecule has 0 amide bonds. The van der Waals surface area contributed by atoms with Gasteiger partial charge in [-0.1, -0.05) is 239 Å². The molecule has 8 heterocycles. The van der Waals surface area contributed by atoms with E-state index in [1.54, 1.807) is 61.6 Å². The van der Waals surface area contributed by atoms with Crippen molar-refractivity contribution in [1.82, 2.24) is 59.8 Å². The van der Waals surface area contributed by atoms with Crippen LogP contribution in [0.2, 0.25) is 0 Å². The summed E-state index contributed by atoms with van der Waals surface area (Å²) in [5.74, 6) is 12.1. The van der Waals surface area contributed by atoms with E-state index in [1.165, 1.54) is 11.1 Å². The van der Waals surface area contributed by atoms with Crippen LogP contribution in [0, 0.1) is 49.4 Å². The molecule has 99 heavy (non-hydrogen) atoms. The number of terminal acetylenes is 4. The first-order valence-corrected chi connectivity index (χ1v) is 31.9. The molecule has 528 valence electrons. The Labute approximate surface area is 601 Å². The van der Waals surface area contributed by atoms with Gasteiger partial charge in [0, 0.05) is 81.3 Å². The Hall–Kier alpha value is -9.88. The minimum Gasteiger partial charge on any atom is -0.257 e. The molecule has 0 aliphatic rings. The van der Waals surface area contributed by atoms with E-state index in [9.17, 15) is 0 Å². The van der Waals surface area contributed by atoms with Crippen LogP contribution in [0.4, 0.5) is 0 Å². The highest BCUT2D eigenvalue weighted by Gasteiger charge is 2.21. The number of hydrogen-bond acceptors (Lipinski definition) is 12. The quantitative estimate of drug-likeness (QED) is 0.154. The predicted octanol–water partition coefficient (Wildman–Crippen LogP) is 21.0. The Kier molecular flexibility index (Phi) is 39.6. The van der Waals surface area contributed by atoms with E-state index in [4.69, 9.17) is 25.7 Å². The second kappa shape index (κ2) is 42.0. The summed E-state index contributed by atoms with van der Waals surface area (Å²) in [5, 5.41) is 0. The molecule has 0 N–H and O–H groups in total. The third kappa shape index (κ3) is 35.8. The first kappa shape index (κ1) is 93.3. The lowest BCUT2D eigenvalue weighted by Gasteiger charge is -2.19. The lowest BCUT2D eigenvalue weighted by molar-refractivity contribution is 0.544. The van der Waals surface area contributed by atoms with Gasteiger partial charge in [0.15, 0.2) is 5.82 Å². The SMILES string of the molecule is C.C.C.C#Cc1cc(C(C)(C)C)ccn1.C#Cc1cccc(C(C)(C)C)n1.C#Cc1nccc(C(C)(C)C)n1.C#Cc1ncccc1C(C)(C)C.C=Cc1cc(C(C)(C)C)ccn1.C=Cc1cc(C(C)(C)C)ncn1.C=Cc1ccnc(C(C)(C)C)n1.C=Cc1nccc(C(C)(C)C)n1. The Balaban J connectivity index is -0.00000106. The van der Waals surface area contributed by atoms with Gasteiger partial charge in [0.05, 0.1) is 22.8 Å². The molecular formula is C87H120N12. The summed E-state index contributed by atoms with van der Waals surface area (Å²) in [6.45, 7) is 65.8. The summed E-state index contributed by atoms with van der Waals surface area (Å²) >= 11 is 0. The third-order valence-electron chi connectivity index (χ3n) is 13.4. The van der Waals surface area contributed by atoms with Gasteiger partial charge in [-0.05, 0) is 136 Å². The molecule has 0 saturated heterocycles. The number of aromatic nitrogens is 12. The molecule has 8 rings (SSSR count). The molecule has 0 saturated carbocycles. The average Bonchev–Trinajstić information content (AvgIpc) is 0.859. The fourth-order valence-electron chi connectivity index (χ4n) is 7.54. The molecule has 0 bridgehead atoms. The number of nitrogens with zero attached hydrogens (tertiary/aromatic N) is 12. The van der Waals surface area contributed by atoms with Gasteiger partial charge in [-0.25, -0.2) is 54.8 Å². The largest absolute Gasteiger partial charge is 0.257 e. The van der Waals surface area contributed by atoms with Crippen molar-refractivity contribution in [2.24, 2.45) is 0 Å². The van der Waals surface area contributed by atoms with Gasteiger partial charge in [0.25, 0.3) is 0 Å². The molecule has 8 aromatic heterocycles. The van der Waals surface area contributed by atoms with E-state index in [0.29, 0.717) is 23.0 Å². The van der Waals surface area contributed by atoms with E-state index in [1.807, 2.05) is 79.0 Å².